The van der Waals surface area contributed by atoms with Gasteiger partial charge in [0.05, 0.1) is 0 Å². The molecule has 0 saturated heterocycles. The topological polar surface area (TPSA) is 0 Å². The van der Waals surface area contributed by atoms with Crippen molar-refractivity contribution in [2.45, 2.75) is 32.6 Å². The molecule has 1 aromatic rings. The average molecular weight is 259 g/mol. The molecule has 1 aliphatic carbocycles. The lowest BCUT2D eigenvalue weighted by Gasteiger charge is -2.42. The summed E-state index contributed by atoms with van der Waals surface area (Å²) in [6, 6.07) is 6.06. The Kier molecular flexibility index (Phi) is 3.44. The van der Waals surface area contributed by atoms with Crippen molar-refractivity contribution in [1.29, 1.82) is 0 Å². The summed E-state index contributed by atoms with van der Waals surface area (Å²) in [4.78, 5) is 0. The minimum absolute atomic E-state index is 0.0530. The van der Waals surface area contributed by atoms with E-state index in [-0.39, 0.29) is 5.56 Å². The summed E-state index contributed by atoms with van der Waals surface area (Å²) in [7, 11) is 0. The maximum absolute atomic E-state index is 14.2. The Hall–Kier alpha value is -0.630. The third-order valence-electron chi connectivity index (χ3n) is 3.84. The number of hydrogen-bond acceptors (Lipinski definition) is 0. The van der Waals surface area contributed by atoms with Crippen molar-refractivity contribution in [3.05, 3.63) is 34.9 Å². The monoisotopic (exact) mass is 258 g/mol. The first-order valence-corrected chi connectivity index (χ1v) is 6.43. The molecule has 3 heteroatoms. The summed E-state index contributed by atoms with van der Waals surface area (Å²) in [5.74, 6) is -2.31. The van der Waals surface area contributed by atoms with E-state index in [1.165, 1.54) is 12.1 Å². The molecule has 2 rings (SSSR count). The standard InChI is InChI=1S/C14H17ClF2/c1-9(2)10-6-12(7-10)14(16,17)11-4-3-5-13(15)8-11/h3-5,8-10,12H,6-7H2,1-2H3. The van der Waals surface area contributed by atoms with E-state index in [4.69, 9.17) is 11.6 Å². The van der Waals surface area contributed by atoms with E-state index in [9.17, 15) is 8.78 Å². The first-order chi connectivity index (χ1) is 7.91. The average Bonchev–Trinajstić information content (AvgIpc) is 2.13. The smallest absolute Gasteiger partial charge is 0.201 e. The predicted octanol–water partition coefficient (Wildman–Crippen LogP) is 5.11. The zero-order valence-corrected chi connectivity index (χ0v) is 10.8. The SMILES string of the molecule is CC(C)C1CC(C(F)(F)c2cccc(Cl)c2)C1. The van der Waals surface area contributed by atoms with Gasteiger partial charge >= 0.3 is 0 Å². The lowest BCUT2D eigenvalue weighted by atomic mass is 9.66. The molecule has 0 N–H and O–H groups in total. The molecular weight excluding hydrogens is 242 g/mol. The van der Waals surface area contributed by atoms with Crippen molar-refractivity contribution in [3.63, 3.8) is 0 Å². The molecule has 1 aromatic carbocycles. The van der Waals surface area contributed by atoms with Crippen molar-refractivity contribution >= 4 is 11.6 Å². The molecule has 0 atom stereocenters. The van der Waals surface area contributed by atoms with E-state index in [1.54, 1.807) is 12.1 Å². The van der Waals surface area contributed by atoms with Gasteiger partial charge in [0.2, 0.25) is 0 Å². The molecule has 0 aromatic heterocycles. The van der Waals surface area contributed by atoms with Gasteiger partial charge in [-0.2, -0.15) is 0 Å². The van der Waals surface area contributed by atoms with Gasteiger partial charge < -0.3 is 0 Å². The molecule has 0 amide bonds. The van der Waals surface area contributed by atoms with Crippen molar-refractivity contribution < 1.29 is 8.78 Å². The highest BCUT2D eigenvalue weighted by atomic mass is 35.5. The molecule has 0 spiro atoms. The highest BCUT2D eigenvalue weighted by Crippen LogP contribution is 2.51. The van der Waals surface area contributed by atoms with Crippen LogP contribution in [0.4, 0.5) is 8.78 Å². The van der Waals surface area contributed by atoms with E-state index >= 15 is 0 Å². The van der Waals surface area contributed by atoms with Crippen LogP contribution in [0.1, 0.15) is 32.3 Å². The molecule has 0 radical (unpaired) electrons. The van der Waals surface area contributed by atoms with Crippen LogP contribution in [0.25, 0.3) is 0 Å². The minimum atomic E-state index is -2.74. The highest BCUT2D eigenvalue weighted by molar-refractivity contribution is 6.30. The van der Waals surface area contributed by atoms with Crippen LogP contribution in [-0.4, -0.2) is 0 Å². The number of rotatable bonds is 3. The lowest BCUT2D eigenvalue weighted by molar-refractivity contribution is -0.119. The Labute approximate surface area is 106 Å². The van der Waals surface area contributed by atoms with Gasteiger partial charge in [0.1, 0.15) is 0 Å². The van der Waals surface area contributed by atoms with Gasteiger partial charge in [-0.1, -0.05) is 37.6 Å². The molecule has 0 heterocycles. The van der Waals surface area contributed by atoms with Gasteiger partial charge in [0.15, 0.2) is 0 Å². The van der Waals surface area contributed by atoms with Crippen molar-refractivity contribution in [2.24, 2.45) is 17.8 Å². The van der Waals surface area contributed by atoms with Crippen LogP contribution < -0.4 is 0 Å². The second-order valence-corrected chi connectivity index (χ2v) is 5.74. The maximum Gasteiger partial charge on any atom is 0.276 e. The van der Waals surface area contributed by atoms with Crippen molar-refractivity contribution in [3.8, 4) is 0 Å². The van der Waals surface area contributed by atoms with Crippen LogP contribution in [0.2, 0.25) is 5.02 Å². The number of hydrogen-bond donors (Lipinski definition) is 0. The Morgan fingerprint density at radius 2 is 1.94 bits per heavy atom. The van der Waals surface area contributed by atoms with Crippen LogP contribution in [0.15, 0.2) is 24.3 Å². The van der Waals surface area contributed by atoms with Crippen LogP contribution in [0.5, 0.6) is 0 Å². The fraction of sp³-hybridized carbons (Fsp3) is 0.571. The third-order valence-corrected chi connectivity index (χ3v) is 4.07. The number of alkyl halides is 2. The zero-order valence-electron chi connectivity index (χ0n) is 10.1. The normalized spacial score (nSPS) is 24.8. The quantitative estimate of drug-likeness (QED) is 0.706. The van der Waals surface area contributed by atoms with Crippen LogP contribution in [0.3, 0.4) is 0 Å². The van der Waals surface area contributed by atoms with Gasteiger partial charge in [-0.25, -0.2) is 8.78 Å². The molecular formula is C14H17ClF2. The molecule has 0 bridgehead atoms. The van der Waals surface area contributed by atoms with Crippen LogP contribution >= 0.6 is 11.6 Å². The molecule has 17 heavy (non-hydrogen) atoms. The van der Waals surface area contributed by atoms with Gasteiger partial charge in [-0.15, -0.1) is 0 Å². The summed E-state index contributed by atoms with van der Waals surface area (Å²) in [5, 5.41) is 0.377. The highest BCUT2D eigenvalue weighted by Gasteiger charge is 2.48. The van der Waals surface area contributed by atoms with Crippen LogP contribution in [0, 0.1) is 17.8 Å². The first-order valence-electron chi connectivity index (χ1n) is 6.05. The van der Waals surface area contributed by atoms with Crippen molar-refractivity contribution in [2.75, 3.05) is 0 Å². The van der Waals surface area contributed by atoms with Gasteiger partial charge in [-0.3, -0.25) is 0 Å². The maximum atomic E-state index is 14.2. The summed E-state index contributed by atoms with van der Waals surface area (Å²) in [6.45, 7) is 4.19. The van der Waals surface area contributed by atoms with E-state index < -0.39 is 11.8 Å². The van der Waals surface area contributed by atoms with E-state index in [1.807, 2.05) is 0 Å². The largest absolute Gasteiger partial charge is 0.276 e. The molecule has 94 valence electrons. The Bertz CT molecular complexity index is 395. The fourth-order valence-corrected chi connectivity index (χ4v) is 2.62. The summed E-state index contributed by atoms with van der Waals surface area (Å²) >= 11 is 5.76. The van der Waals surface area contributed by atoms with E-state index in [0.717, 1.165) is 0 Å². The lowest BCUT2D eigenvalue weighted by Crippen LogP contribution is -2.38. The third kappa shape index (κ3) is 2.47. The molecule has 0 aliphatic heterocycles. The zero-order chi connectivity index (χ0) is 12.6. The molecule has 1 aliphatic rings. The molecule has 1 fully saturated rings. The minimum Gasteiger partial charge on any atom is -0.201 e. The van der Waals surface area contributed by atoms with Gasteiger partial charge in [0, 0.05) is 16.5 Å². The Morgan fingerprint density at radius 1 is 1.29 bits per heavy atom. The number of halogens is 3. The summed E-state index contributed by atoms with van der Waals surface area (Å²) < 4.78 is 28.3. The second kappa shape index (κ2) is 4.56. The van der Waals surface area contributed by atoms with Gasteiger partial charge in [-0.05, 0) is 36.8 Å². The van der Waals surface area contributed by atoms with Crippen molar-refractivity contribution in [1.82, 2.24) is 0 Å². The van der Waals surface area contributed by atoms with E-state index in [0.29, 0.717) is 29.7 Å². The Balaban J connectivity index is 2.10. The molecule has 0 unspecified atom stereocenters. The molecule has 0 nitrogen and oxygen atoms in total. The fourth-order valence-electron chi connectivity index (χ4n) is 2.43. The Morgan fingerprint density at radius 3 is 2.47 bits per heavy atom. The molecule has 1 saturated carbocycles. The van der Waals surface area contributed by atoms with E-state index in [2.05, 4.69) is 13.8 Å². The number of benzene rings is 1. The second-order valence-electron chi connectivity index (χ2n) is 5.31. The van der Waals surface area contributed by atoms with Gasteiger partial charge in [0.25, 0.3) is 5.92 Å². The predicted molar refractivity (Wildman–Crippen MR) is 66.4 cm³/mol. The first kappa shape index (κ1) is 12.8. The summed E-state index contributed by atoms with van der Waals surface area (Å²) in [6.07, 6.45) is 1.24. The van der Waals surface area contributed by atoms with Crippen LogP contribution in [-0.2, 0) is 5.92 Å². The summed E-state index contributed by atoms with van der Waals surface area (Å²) in [5.41, 5.74) is 0.0530.